The van der Waals surface area contributed by atoms with Crippen molar-refractivity contribution in [3.8, 4) is 16.9 Å². The largest absolute Gasteiger partial charge is 0.368 e. The van der Waals surface area contributed by atoms with Gasteiger partial charge in [-0.25, -0.2) is 0 Å². The van der Waals surface area contributed by atoms with Crippen LogP contribution in [0.2, 0.25) is 0 Å². The van der Waals surface area contributed by atoms with Crippen LogP contribution in [-0.2, 0) is 11.3 Å². The molecule has 3 rings (SSSR count). The zero-order valence-electron chi connectivity index (χ0n) is 11.8. The molecule has 3 aromatic rings. The fourth-order valence-corrected chi connectivity index (χ4v) is 2.52. The SMILES string of the molecule is NC(=O)Cn1c(-c2ccccc2-n2nccn2)cc(=O)[nH]c1=S. The Kier molecular flexibility index (Phi) is 3.85. The summed E-state index contributed by atoms with van der Waals surface area (Å²) < 4.78 is 1.59. The van der Waals surface area contributed by atoms with Crippen molar-refractivity contribution in [2.24, 2.45) is 5.73 Å². The number of carbonyl (C=O) groups is 1. The van der Waals surface area contributed by atoms with Crippen molar-refractivity contribution in [2.75, 3.05) is 0 Å². The molecule has 0 fully saturated rings. The number of nitrogens with one attached hydrogen (secondary N) is 1. The number of aromatic nitrogens is 5. The Morgan fingerprint density at radius 2 is 1.96 bits per heavy atom. The van der Waals surface area contributed by atoms with Gasteiger partial charge in [-0.3, -0.25) is 14.6 Å². The molecule has 9 heteroatoms. The van der Waals surface area contributed by atoms with E-state index in [9.17, 15) is 9.59 Å². The molecule has 23 heavy (non-hydrogen) atoms. The van der Waals surface area contributed by atoms with Gasteiger partial charge in [-0.2, -0.15) is 15.0 Å². The summed E-state index contributed by atoms with van der Waals surface area (Å²) in [4.78, 5) is 27.1. The number of nitrogens with zero attached hydrogens (tertiary/aromatic N) is 4. The molecule has 2 heterocycles. The third-order valence-corrected chi connectivity index (χ3v) is 3.48. The zero-order chi connectivity index (χ0) is 16.4. The van der Waals surface area contributed by atoms with Crippen LogP contribution in [-0.4, -0.2) is 30.5 Å². The number of H-pyrrole nitrogens is 1. The summed E-state index contributed by atoms with van der Waals surface area (Å²) >= 11 is 5.15. The monoisotopic (exact) mass is 328 g/mol. The van der Waals surface area contributed by atoms with Crippen LogP contribution in [0, 0.1) is 4.77 Å². The lowest BCUT2D eigenvalue weighted by Gasteiger charge is -2.14. The molecule has 1 aromatic carbocycles. The quantitative estimate of drug-likeness (QED) is 0.683. The Morgan fingerprint density at radius 1 is 1.26 bits per heavy atom. The number of aromatic amines is 1. The summed E-state index contributed by atoms with van der Waals surface area (Å²) in [5, 5.41) is 8.20. The van der Waals surface area contributed by atoms with Gasteiger partial charge in [0.15, 0.2) is 4.77 Å². The van der Waals surface area contributed by atoms with Gasteiger partial charge in [0, 0.05) is 11.6 Å². The van der Waals surface area contributed by atoms with E-state index < -0.39 is 5.91 Å². The van der Waals surface area contributed by atoms with Crippen LogP contribution in [0.25, 0.3) is 16.9 Å². The van der Waals surface area contributed by atoms with Gasteiger partial charge < -0.3 is 10.3 Å². The second-order valence-electron chi connectivity index (χ2n) is 4.71. The van der Waals surface area contributed by atoms with E-state index in [1.54, 1.807) is 30.6 Å². The predicted octanol–water partition coefficient (Wildman–Crippen LogP) is 0.639. The first-order valence-electron chi connectivity index (χ1n) is 6.65. The van der Waals surface area contributed by atoms with E-state index in [0.29, 0.717) is 16.9 Å². The second-order valence-corrected chi connectivity index (χ2v) is 5.10. The lowest BCUT2D eigenvalue weighted by Crippen LogP contribution is -2.23. The van der Waals surface area contributed by atoms with Crippen LogP contribution in [0.5, 0.6) is 0 Å². The highest BCUT2D eigenvalue weighted by molar-refractivity contribution is 7.71. The summed E-state index contributed by atoms with van der Waals surface area (Å²) in [6, 6.07) is 8.58. The molecule has 0 radical (unpaired) electrons. The van der Waals surface area contributed by atoms with Crippen LogP contribution in [0.1, 0.15) is 0 Å². The number of carbonyl (C=O) groups excluding carboxylic acids is 1. The molecule has 0 saturated carbocycles. The molecular weight excluding hydrogens is 316 g/mol. The first kappa shape index (κ1) is 14.9. The van der Waals surface area contributed by atoms with Crippen LogP contribution >= 0.6 is 12.2 Å². The van der Waals surface area contributed by atoms with Crippen molar-refractivity contribution < 1.29 is 4.79 Å². The van der Waals surface area contributed by atoms with E-state index in [2.05, 4.69) is 15.2 Å². The Morgan fingerprint density at radius 3 is 2.65 bits per heavy atom. The highest BCUT2D eigenvalue weighted by Crippen LogP contribution is 2.24. The van der Waals surface area contributed by atoms with Crippen LogP contribution in [0.3, 0.4) is 0 Å². The number of benzene rings is 1. The molecule has 0 atom stereocenters. The number of primary amides is 1. The normalized spacial score (nSPS) is 10.6. The van der Waals surface area contributed by atoms with E-state index >= 15 is 0 Å². The van der Waals surface area contributed by atoms with Gasteiger partial charge in [0.25, 0.3) is 5.56 Å². The van der Waals surface area contributed by atoms with Gasteiger partial charge in [-0.15, -0.1) is 0 Å². The molecular formula is C14H12N6O2S. The third-order valence-electron chi connectivity index (χ3n) is 3.16. The highest BCUT2D eigenvalue weighted by atomic mass is 32.1. The lowest BCUT2D eigenvalue weighted by atomic mass is 10.1. The summed E-state index contributed by atoms with van der Waals surface area (Å²) in [6.45, 7) is -0.147. The van der Waals surface area contributed by atoms with Crippen molar-refractivity contribution in [3.63, 3.8) is 0 Å². The molecule has 0 unspecified atom stereocenters. The third kappa shape index (κ3) is 2.94. The zero-order valence-corrected chi connectivity index (χ0v) is 12.7. The smallest absolute Gasteiger partial charge is 0.252 e. The Bertz CT molecular complexity index is 973. The summed E-state index contributed by atoms with van der Waals surface area (Å²) in [6.07, 6.45) is 3.09. The van der Waals surface area contributed by atoms with Gasteiger partial charge in [-0.05, 0) is 18.3 Å². The van der Waals surface area contributed by atoms with Crippen molar-refractivity contribution in [1.29, 1.82) is 0 Å². The van der Waals surface area contributed by atoms with Gasteiger partial charge >= 0.3 is 0 Å². The number of hydrogen-bond acceptors (Lipinski definition) is 5. The number of hydrogen-bond donors (Lipinski definition) is 2. The average molecular weight is 328 g/mol. The van der Waals surface area contributed by atoms with Crippen molar-refractivity contribution in [1.82, 2.24) is 24.5 Å². The predicted molar refractivity (Wildman–Crippen MR) is 85.4 cm³/mol. The maximum atomic E-state index is 11.8. The molecule has 0 spiro atoms. The van der Waals surface area contributed by atoms with E-state index in [-0.39, 0.29) is 16.9 Å². The fraction of sp³-hybridized carbons (Fsp3) is 0.0714. The van der Waals surface area contributed by atoms with E-state index in [1.165, 1.54) is 15.4 Å². The molecule has 8 nitrogen and oxygen atoms in total. The summed E-state index contributed by atoms with van der Waals surface area (Å²) in [5.41, 5.74) is 6.68. The molecule has 0 aliphatic carbocycles. The van der Waals surface area contributed by atoms with Gasteiger partial charge in [0.1, 0.15) is 6.54 Å². The van der Waals surface area contributed by atoms with Crippen LogP contribution in [0.4, 0.5) is 0 Å². The minimum atomic E-state index is -0.566. The van der Waals surface area contributed by atoms with Crippen molar-refractivity contribution in [2.45, 2.75) is 6.54 Å². The average Bonchev–Trinajstić information content (AvgIpc) is 3.03. The number of amides is 1. The van der Waals surface area contributed by atoms with Crippen LogP contribution in [0.15, 0.2) is 47.5 Å². The van der Waals surface area contributed by atoms with Crippen molar-refractivity contribution in [3.05, 3.63) is 57.9 Å². The maximum Gasteiger partial charge on any atom is 0.252 e. The Balaban J connectivity index is 2.30. The molecule has 0 saturated heterocycles. The number of para-hydroxylation sites is 1. The number of rotatable bonds is 4. The molecule has 0 aliphatic rings. The number of nitrogens with two attached hydrogens (primary N) is 1. The van der Waals surface area contributed by atoms with Crippen molar-refractivity contribution >= 4 is 18.1 Å². The fourth-order valence-electron chi connectivity index (χ4n) is 2.26. The van der Waals surface area contributed by atoms with Gasteiger partial charge in [-0.1, -0.05) is 18.2 Å². The van der Waals surface area contributed by atoms with E-state index in [1.807, 2.05) is 6.07 Å². The molecule has 2 aromatic heterocycles. The standard InChI is InChI=1S/C14H12N6O2S/c15-12(21)8-19-11(7-13(22)18-14(19)23)9-3-1-2-4-10(9)20-16-5-6-17-20/h1-7H,8H2,(H2,15,21)(H,18,22,23). The van der Waals surface area contributed by atoms with E-state index in [4.69, 9.17) is 18.0 Å². The van der Waals surface area contributed by atoms with Gasteiger partial charge in [0.05, 0.1) is 23.8 Å². The first-order valence-corrected chi connectivity index (χ1v) is 7.05. The Labute approximate surface area is 135 Å². The summed E-state index contributed by atoms with van der Waals surface area (Å²) in [5.74, 6) is -0.566. The second kappa shape index (κ2) is 5.97. The highest BCUT2D eigenvalue weighted by Gasteiger charge is 2.14. The molecule has 1 amide bonds. The minimum Gasteiger partial charge on any atom is -0.368 e. The summed E-state index contributed by atoms with van der Waals surface area (Å²) in [7, 11) is 0. The minimum absolute atomic E-state index is 0.120. The Hall–Kier alpha value is -3.07. The molecule has 0 bridgehead atoms. The molecule has 116 valence electrons. The lowest BCUT2D eigenvalue weighted by molar-refractivity contribution is -0.118. The van der Waals surface area contributed by atoms with Gasteiger partial charge in [0.2, 0.25) is 5.91 Å². The molecule has 3 N–H and O–H groups in total. The topological polar surface area (TPSA) is 112 Å². The first-order chi connectivity index (χ1) is 11.1. The molecule has 0 aliphatic heterocycles. The van der Waals surface area contributed by atoms with E-state index in [0.717, 1.165) is 0 Å². The maximum absolute atomic E-state index is 11.8. The van der Waals surface area contributed by atoms with Crippen LogP contribution < -0.4 is 11.3 Å².